The van der Waals surface area contributed by atoms with Crippen molar-refractivity contribution in [2.45, 2.75) is 45.1 Å². The number of hydrogen-bond donors (Lipinski definition) is 2. The molecule has 0 aromatic heterocycles. The largest absolute Gasteiger partial charge is 0.455 e. The van der Waals surface area contributed by atoms with Crippen molar-refractivity contribution in [2.75, 3.05) is 6.61 Å². The van der Waals surface area contributed by atoms with E-state index in [4.69, 9.17) is 4.74 Å². The summed E-state index contributed by atoms with van der Waals surface area (Å²) in [5.41, 5.74) is 0.840. The quantitative estimate of drug-likeness (QED) is 0.777. The van der Waals surface area contributed by atoms with E-state index < -0.39 is 24.5 Å². The van der Waals surface area contributed by atoms with Crippen LogP contribution in [0, 0.1) is 5.92 Å². The van der Waals surface area contributed by atoms with Crippen LogP contribution in [0.2, 0.25) is 0 Å². The molecule has 0 aliphatic heterocycles. The molecule has 6 heteroatoms. The molecule has 1 aliphatic carbocycles. The number of rotatable bonds is 5. The van der Waals surface area contributed by atoms with Gasteiger partial charge in [-0.05, 0) is 35.1 Å². The van der Waals surface area contributed by atoms with E-state index in [0.29, 0.717) is 5.92 Å². The van der Waals surface area contributed by atoms with Gasteiger partial charge in [0.1, 0.15) is 0 Å². The van der Waals surface area contributed by atoms with Crippen molar-refractivity contribution >= 4 is 28.7 Å². The van der Waals surface area contributed by atoms with Crippen LogP contribution in [0.4, 0.5) is 4.79 Å². The Morgan fingerprint density at radius 1 is 1.04 bits per heavy atom. The van der Waals surface area contributed by atoms with Crippen LogP contribution in [0.1, 0.15) is 38.2 Å². The number of ether oxygens (including phenoxy) is 1. The second kappa shape index (κ2) is 9.35. The van der Waals surface area contributed by atoms with Gasteiger partial charge in [-0.25, -0.2) is 4.79 Å². The molecular weight excluding hydrogens is 356 g/mol. The Morgan fingerprint density at radius 3 is 2.61 bits per heavy atom. The van der Waals surface area contributed by atoms with Crippen molar-refractivity contribution in [3.63, 3.8) is 0 Å². The predicted octanol–water partition coefficient (Wildman–Crippen LogP) is 3.33. The van der Waals surface area contributed by atoms with E-state index in [9.17, 15) is 14.4 Å². The van der Waals surface area contributed by atoms with Gasteiger partial charge in [-0.3, -0.25) is 14.9 Å². The summed E-state index contributed by atoms with van der Waals surface area (Å²) < 4.78 is 5.04. The fourth-order valence-electron chi connectivity index (χ4n) is 3.70. The van der Waals surface area contributed by atoms with E-state index in [0.717, 1.165) is 35.6 Å². The predicted molar refractivity (Wildman–Crippen MR) is 107 cm³/mol. The van der Waals surface area contributed by atoms with Crippen LogP contribution in [-0.2, 0) is 20.7 Å². The van der Waals surface area contributed by atoms with Gasteiger partial charge in [-0.2, -0.15) is 0 Å². The Balaban J connectivity index is 1.45. The van der Waals surface area contributed by atoms with Crippen LogP contribution < -0.4 is 10.6 Å². The zero-order chi connectivity index (χ0) is 19.9. The third kappa shape index (κ3) is 5.31. The number of carbonyl (C=O) groups is 3. The Bertz CT molecular complexity index is 859. The molecule has 2 N–H and O–H groups in total. The molecule has 1 saturated carbocycles. The van der Waals surface area contributed by atoms with Crippen molar-refractivity contribution in [1.82, 2.24) is 10.6 Å². The molecule has 1 aliphatic rings. The number of benzene rings is 2. The third-order valence-corrected chi connectivity index (χ3v) is 5.26. The molecule has 0 heterocycles. The summed E-state index contributed by atoms with van der Waals surface area (Å²) in [6.07, 6.45) is 4.31. The number of imide groups is 1. The molecule has 3 amide bonds. The van der Waals surface area contributed by atoms with Gasteiger partial charge >= 0.3 is 12.0 Å². The van der Waals surface area contributed by atoms with Crippen LogP contribution >= 0.6 is 0 Å². The van der Waals surface area contributed by atoms with E-state index in [1.807, 2.05) is 42.5 Å². The van der Waals surface area contributed by atoms with Gasteiger partial charge in [-0.1, -0.05) is 62.2 Å². The minimum atomic E-state index is -0.632. The number of amides is 3. The first-order valence-corrected chi connectivity index (χ1v) is 9.75. The van der Waals surface area contributed by atoms with Crippen molar-refractivity contribution in [3.8, 4) is 0 Å². The van der Waals surface area contributed by atoms with Crippen LogP contribution in [0.15, 0.2) is 42.5 Å². The standard InChI is InChI=1S/C22H26N2O4/c1-15-7-2-5-12-19(15)23-22(27)24-20(25)14-28-21(26)13-17-10-6-9-16-8-3-4-11-18(16)17/h3-4,6,8-11,15,19H,2,5,7,12-14H2,1H3,(H2,23,24,25,27)/t15-,19+/m1/s1. The first kappa shape index (κ1) is 19.9. The van der Waals surface area contributed by atoms with Gasteiger partial charge in [-0.15, -0.1) is 0 Å². The summed E-state index contributed by atoms with van der Waals surface area (Å²) in [5, 5.41) is 7.09. The summed E-state index contributed by atoms with van der Waals surface area (Å²) in [4.78, 5) is 36.0. The molecule has 148 valence electrons. The van der Waals surface area contributed by atoms with Crippen molar-refractivity contribution in [3.05, 3.63) is 48.0 Å². The van der Waals surface area contributed by atoms with E-state index in [2.05, 4.69) is 17.6 Å². The average molecular weight is 382 g/mol. The molecule has 2 aromatic rings. The zero-order valence-electron chi connectivity index (χ0n) is 16.1. The maximum atomic E-state index is 12.1. The topological polar surface area (TPSA) is 84.5 Å². The molecule has 28 heavy (non-hydrogen) atoms. The van der Waals surface area contributed by atoms with Gasteiger partial charge < -0.3 is 10.1 Å². The highest BCUT2D eigenvalue weighted by Crippen LogP contribution is 2.23. The molecule has 2 atom stereocenters. The fraction of sp³-hybridized carbons (Fsp3) is 0.409. The molecule has 6 nitrogen and oxygen atoms in total. The second-order valence-electron chi connectivity index (χ2n) is 7.37. The highest BCUT2D eigenvalue weighted by atomic mass is 16.5. The first-order chi connectivity index (χ1) is 13.5. The smallest absolute Gasteiger partial charge is 0.321 e. The number of urea groups is 1. The third-order valence-electron chi connectivity index (χ3n) is 5.26. The Morgan fingerprint density at radius 2 is 1.79 bits per heavy atom. The number of hydrogen-bond acceptors (Lipinski definition) is 4. The lowest BCUT2D eigenvalue weighted by Crippen LogP contribution is -2.48. The van der Waals surface area contributed by atoms with Gasteiger partial charge in [0, 0.05) is 6.04 Å². The Hall–Kier alpha value is -2.89. The highest BCUT2D eigenvalue weighted by Gasteiger charge is 2.23. The molecule has 0 saturated heterocycles. The number of carbonyl (C=O) groups excluding carboxylic acids is 3. The fourth-order valence-corrected chi connectivity index (χ4v) is 3.70. The lowest BCUT2D eigenvalue weighted by Gasteiger charge is -2.29. The minimum absolute atomic E-state index is 0.0699. The Kier molecular flexibility index (Phi) is 6.63. The van der Waals surface area contributed by atoms with Crippen LogP contribution in [0.5, 0.6) is 0 Å². The molecule has 0 bridgehead atoms. The van der Waals surface area contributed by atoms with Crippen molar-refractivity contribution < 1.29 is 19.1 Å². The van der Waals surface area contributed by atoms with Gasteiger partial charge in [0.05, 0.1) is 6.42 Å². The number of esters is 1. The summed E-state index contributed by atoms with van der Waals surface area (Å²) in [6.45, 7) is 1.62. The highest BCUT2D eigenvalue weighted by molar-refractivity contribution is 5.96. The normalized spacial score (nSPS) is 19.0. The monoisotopic (exact) mass is 382 g/mol. The molecular formula is C22H26N2O4. The first-order valence-electron chi connectivity index (χ1n) is 9.75. The van der Waals surface area contributed by atoms with Crippen LogP contribution in [-0.4, -0.2) is 30.6 Å². The maximum absolute atomic E-state index is 12.1. The minimum Gasteiger partial charge on any atom is -0.455 e. The van der Waals surface area contributed by atoms with Gasteiger partial charge in [0.15, 0.2) is 6.61 Å². The molecule has 0 unspecified atom stereocenters. The lowest BCUT2D eigenvalue weighted by atomic mass is 9.86. The molecule has 0 radical (unpaired) electrons. The average Bonchev–Trinajstić information content (AvgIpc) is 2.68. The summed E-state index contributed by atoms with van der Waals surface area (Å²) in [5.74, 6) is -0.742. The van der Waals surface area contributed by atoms with Crippen LogP contribution in [0.25, 0.3) is 10.8 Å². The van der Waals surface area contributed by atoms with Crippen LogP contribution in [0.3, 0.4) is 0 Å². The van der Waals surface area contributed by atoms with E-state index in [1.54, 1.807) is 0 Å². The van der Waals surface area contributed by atoms with E-state index in [1.165, 1.54) is 6.42 Å². The van der Waals surface area contributed by atoms with Gasteiger partial charge in [0.25, 0.3) is 5.91 Å². The van der Waals surface area contributed by atoms with E-state index >= 15 is 0 Å². The summed E-state index contributed by atoms with van der Waals surface area (Å²) >= 11 is 0. The number of fused-ring (bicyclic) bond motifs is 1. The number of nitrogens with one attached hydrogen (secondary N) is 2. The second-order valence-corrected chi connectivity index (χ2v) is 7.37. The van der Waals surface area contributed by atoms with E-state index in [-0.39, 0.29) is 12.5 Å². The van der Waals surface area contributed by atoms with Crippen molar-refractivity contribution in [1.29, 1.82) is 0 Å². The zero-order valence-corrected chi connectivity index (χ0v) is 16.1. The Labute approximate surface area is 164 Å². The van der Waals surface area contributed by atoms with Crippen molar-refractivity contribution in [2.24, 2.45) is 5.92 Å². The lowest BCUT2D eigenvalue weighted by molar-refractivity contribution is -0.147. The molecule has 2 aromatic carbocycles. The maximum Gasteiger partial charge on any atom is 0.321 e. The molecule has 1 fully saturated rings. The van der Waals surface area contributed by atoms with Gasteiger partial charge in [0.2, 0.25) is 0 Å². The summed E-state index contributed by atoms with van der Waals surface area (Å²) in [7, 11) is 0. The molecule has 3 rings (SSSR count). The molecule has 0 spiro atoms. The SMILES string of the molecule is C[C@@H]1CCCC[C@@H]1NC(=O)NC(=O)COC(=O)Cc1cccc2ccccc12. The summed E-state index contributed by atoms with van der Waals surface area (Å²) in [6, 6.07) is 13.0.